The molecule has 0 aliphatic rings. The van der Waals surface area contributed by atoms with Crippen LogP contribution in [-0.4, -0.2) is 43.0 Å². The summed E-state index contributed by atoms with van der Waals surface area (Å²) in [6.45, 7) is 4.33. The third kappa shape index (κ3) is 4.66. The Morgan fingerprint density at radius 2 is 2.10 bits per heavy atom. The fraction of sp³-hybridized carbons (Fsp3) is 0.467. The Bertz CT molecular complexity index is 474. The minimum atomic E-state index is -0.637. The van der Waals surface area contributed by atoms with Gasteiger partial charge < -0.3 is 15.4 Å². The number of aryl methyl sites for hydroxylation is 1. The lowest BCUT2D eigenvalue weighted by Crippen LogP contribution is -2.48. The van der Waals surface area contributed by atoms with Crippen LogP contribution in [0, 0.1) is 6.92 Å². The summed E-state index contributed by atoms with van der Waals surface area (Å²) in [5.74, 6) is -0.641. The van der Waals surface area contributed by atoms with Crippen LogP contribution in [0.15, 0.2) is 24.3 Å². The van der Waals surface area contributed by atoms with Crippen LogP contribution in [0.2, 0.25) is 0 Å². The predicted molar refractivity (Wildman–Crippen MR) is 77.1 cm³/mol. The van der Waals surface area contributed by atoms with Crippen LogP contribution < -0.4 is 5.73 Å². The van der Waals surface area contributed by atoms with Gasteiger partial charge in [-0.25, -0.2) is 0 Å². The van der Waals surface area contributed by atoms with E-state index in [9.17, 15) is 9.59 Å². The average molecular weight is 278 g/mol. The molecule has 1 atom stereocenters. The second-order valence-electron chi connectivity index (χ2n) is 4.82. The van der Waals surface area contributed by atoms with Crippen molar-refractivity contribution < 1.29 is 14.3 Å². The van der Waals surface area contributed by atoms with Gasteiger partial charge in [-0.2, -0.15) is 0 Å². The van der Waals surface area contributed by atoms with E-state index in [1.54, 1.807) is 14.0 Å². The maximum Gasteiger partial charge on any atom is 0.239 e. The van der Waals surface area contributed by atoms with Crippen molar-refractivity contribution in [2.75, 3.05) is 20.3 Å². The van der Waals surface area contributed by atoms with Gasteiger partial charge in [-0.15, -0.1) is 0 Å². The standard InChI is InChI=1S/C15H22N2O3/c1-11-5-4-6-13(9-11)10-14(18)17(7-8-20-3)12(2)15(16)19/h4-6,9,12H,7-8,10H2,1-3H3,(H2,16,19)/t12-/m0/s1. The van der Waals surface area contributed by atoms with Crippen molar-refractivity contribution in [1.82, 2.24) is 4.90 Å². The second-order valence-corrected chi connectivity index (χ2v) is 4.82. The van der Waals surface area contributed by atoms with E-state index < -0.39 is 11.9 Å². The number of carbonyl (C=O) groups is 2. The van der Waals surface area contributed by atoms with Gasteiger partial charge in [-0.05, 0) is 19.4 Å². The first kappa shape index (κ1) is 16.2. The molecule has 0 saturated heterocycles. The fourth-order valence-electron chi connectivity index (χ4n) is 1.98. The lowest BCUT2D eigenvalue weighted by atomic mass is 10.1. The van der Waals surface area contributed by atoms with Gasteiger partial charge in [0.05, 0.1) is 13.0 Å². The van der Waals surface area contributed by atoms with Crippen LogP contribution >= 0.6 is 0 Å². The topological polar surface area (TPSA) is 72.6 Å². The maximum atomic E-state index is 12.3. The number of nitrogens with zero attached hydrogens (tertiary/aromatic N) is 1. The summed E-state index contributed by atoms with van der Waals surface area (Å²) in [4.78, 5) is 25.1. The van der Waals surface area contributed by atoms with Crippen molar-refractivity contribution in [2.24, 2.45) is 5.73 Å². The molecule has 1 rings (SSSR count). The van der Waals surface area contributed by atoms with Crippen molar-refractivity contribution in [2.45, 2.75) is 26.3 Å². The van der Waals surface area contributed by atoms with E-state index >= 15 is 0 Å². The molecule has 5 heteroatoms. The molecule has 0 aliphatic heterocycles. The summed E-state index contributed by atoms with van der Waals surface area (Å²) in [5, 5.41) is 0. The first-order valence-electron chi connectivity index (χ1n) is 6.59. The number of ether oxygens (including phenoxy) is 1. The highest BCUT2D eigenvalue weighted by Gasteiger charge is 2.23. The van der Waals surface area contributed by atoms with Crippen LogP contribution in [0.1, 0.15) is 18.1 Å². The molecule has 110 valence electrons. The van der Waals surface area contributed by atoms with Gasteiger partial charge >= 0.3 is 0 Å². The van der Waals surface area contributed by atoms with E-state index in [-0.39, 0.29) is 12.3 Å². The lowest BCUT2D eigenvalue weighted by Gasteiger charge is -2.27. The van der Waals surface area contributed by atoms with E-state index in [2.05, 4.69) is 0 Å². The van der Waals surface area contributed by atoms with Gasteiger partial charge in [-0.1, -0.05) is 29.8 Å². The molecular formula is C15H22N2O3. The summed E-state index contributed by atoms with van der Waals surface area (Å²) >= 11 is 0. The van der Waals surface area contributed by atoms with Gasteiger partial charge in [0, 0.05) is 13.7 Å². The van der Waals surface area contributed by atoms with Crippen molar-refractivity contribution in [3.05, 3.63) is 35.4 Å². The van der Waals surface area contributed by atoms with E-state index in [4.69, 9.17) is 10.5 Å². The SMILES string of the molecule is COCCN(C(=O)Cc1cccc(C)c1)[C@@H](C)C(N)=O. The Morgan fingerprint density at radius 1 is 1.40 bits per heavy atom. The number of hydrogen-bond donors (Lipinski definition) is 1. The van der Waals surface area contributed by atoms with Gasteiger partial charge in [0.25, 0.3) is 0 Å². The molecule has 2 amide bonds. The van der Waals surface area contributed by atoms with Crippen molar-refractivity contribution in [1.29, 1.82) is 0 Å². The minimum absolute atomic E-state index is 0.126. The number of primary amides is 1. The monoisotopic (exact) mass is 278 g/mol. The average Bonchev–Trinajstić information content (AvgIpc) is 2.38. The zero-order chi connectivity index (χ0) is 15.1. The molecule has 0 saturated carbocycles. The van der Waals surface area contributed by atoms with Gasteiger partial charge in [0.1, 0.15) is 6.04 Å². The van der Waals surface area contributed by atoms with Gasteiger partial charge in [0.15, 0.2) is 0 Å². The number of methoxy groups -OCH3 is 1. The molecule has 0 spiro atoms. The van der Waals surface area contributed by atoms with Crippen molar-refractivity contribution in [3.63, 3.8) is 0 Å². The van der Waals surface area contributed by atoms with Crippen LogP contribution in [0.5, 0.6) is 0 Å². The molecule has 2 N–H and O–H groups in total. The largest absolute Gasteiger partial charge is 0.383 e. The van der Waals surface area contributed by atoms with E-state index in [0.717, 1.165) is 11.1 Å². The molecule has 0 radical (unpaired) electrons. The second kappa shape index (κ2) is 7.65. The van der Waals surface area contributed by atoms with Crippen molar-refractivity contribution in [3.8, 4) is 0 Å². The molecule has 0 aromatic heterocycles. The maximum absolute atomic E-state index is 12.3. The van der Waals surface area contributed by atoms with Gasteiger partial charge in [-0.3, -0.25) is 9.59 Å². The summed E-state index contributed by atoms with van der Waals surface area (Å²) in [6, 6.07) is 7.11. The Balaban J connectivity index is 2.79. The Kier molecular flexibility index (Phi) is 6.18. The quantitative estimate of drug-likeness (QED) is 0.805. The Labute approximate surface area is 119 Å². The summed E-state index contributed by atoms with van der Waals surface area (Å²) < 4.78 is 4.98. The Hall–Kier alpha value is -1.88. The third-order valence-electron chi connectivity index (χ3n) is 3.17. The zero-order valence-corrected chi connectivity index (χ0v) is 12.3. The normalized spacial score (nSPS) is 11.9. The van der Waals surface area contributed by atoms with Gasteiger partial charge in [0.2, 0.25) is 11.8 Å². The number of carbonyl (C=O) groups excluding carboxylic acids is 2. The number of nitrogens with two attached hydrogens (primary N) is 1. The summed E-state index contributed by atoms with van der Waals surface area (Å²) in [6.07, 6.45) is 0.253. The van der Waals surface area contributed by atoms with Crippen LogP contribution in [0.3, 0.4) is 0 Å². The first-order chi connectivity index (χ1) is 9.45. The molecule has 0 fully saturated rings. The molecule has 0 heterocycles. The van der Waals surface area contributed by atoms with E-state index in [1.807, 2.05) is 31.2 Å². The van der Waals surface area contributed by atoms with E-state index in [1.165, 1.54) is 4.90 Å². The number of amides is 2. The Morgan fingerprint density at radius 3 is 2.65 bits per heavy atom. The molecule has 5 nitrogen and oxygen atoms in total. The highest BCUT2D eigenvalue weighted by atomic mass is 16.5. The predicted octanol–water partition coefficient (Wildman–Crippen LogP) is 0.886. The van der Waals surface area contributed by atoms with Crippen LogP contribution in [0.25, 0.3) is 0 Å². The molecule has 0 aliphatic carbocycles. The number of rotatable bonds is 7. The molecule has 0 unspecified atom stereocenters. The van der Waals surface area contributed by atoms with Crippen molar-refractivity contribution >= 4 is 11.8 Å². The number of hydrogen-bond acceptors (Lipinski definition) is 3. The smallest absolute Gasteiger partial charge is 0.239 e. The molecule has 1 aromatic rings. The first-order valence-corrected chi connectivity index (χ1v) is 6.59. The molecule has 20 heavy (non-hydrogen) atoms. The highest BCUT2D eigenvalue weighted by Crippen LogP contribution is 2.08. The summed E-state index contributed by atoms with van der Waals surface area (Å²) in [5.41, 5.74) is 7.31. The highest BCUT2D eigenvalue weighted by molar-refractivity contribution is 5.87. The zero-order valence-electron chi connectivity index (χ0n) is 12.3. The number of benzene rings is 1. The fourth-order valence-corrected chi connectivity index (χ4v) is 1.98. The van der Waals surface area contributed by atoms with Crippen LogP contribution in [-0.2, 0) is 20.7 Å². The molecular weight excluding hydrogens is 256 g/mol. The lowest BCUT2D eigenvalue weighted by molar-refractivity contribution is -0.138. The van der Waals surface area contributed by atoms with Crippen LogP contribution in [0.4, 0.5) is 0 Å². The molecule has 0 bridgehead atoms. The third-order valence-corrected chi connectivity index (χ3v) is 3.17. The summed E-state index contributed by atoms with van der Waals surface area (Å²) in [7, 11) is 1.55. The van der Waals surface area contributed by atoms with E-state index in [0.29, 0.717) is 13.2 Å². The minimum Gasteiger partial charge on any atom is -0.383 e. The molecule has 1 aromatic carbocycles.